The van der Waals surface area contributed by atoms with E-state index in [1.165, 1.54) is 12.1 Å². The number of anilines is 1. The molecule has 2 amide bonds. The van der Waals surface area contributed by atoms with Gasteiger partial charge in [-0.3, -0.25) is 14.6 Å². The second kappa shape index (κ2) is 7.64. The summed E-state index contributed by atoms with van der Waals surface area (Å²) in [6, 6.07) is 7.85. The van der Waals surface area contributed by atoms with E-state index < -0.39 is 11.2 Å². The fraction of sp³-hybridized carbons (Fsp3) is 0.348. The van der Waals surface area contributed by atoms with Crippen LogP contribution in [0.3, 0.4) is 0 Å². The number of fused-ring (bicyclic) bond motifs is 1. The highest BCUT2D eigenvalue weighted by molar-refractivity contribution is 6.34. The number of carbonyl (C=O) groups is 2. The maximum atomic E-state index is 13.4. The lowest BCUT2D eigenvalue weighted by Gasteiger charge is -2.36. The number of amides is 2. The van der Waals surface area contributed by atoms with Crippen LogP contribution in [0.2, 0.25) is 5.02 Å². The molecule has 0 unspecified atom stereocenters. The Kier molecular flexibility index (Phi) is 4.93. The predicted molar refractivity (Wildman–Crippen MR) is 117 cm³/mol. The first-order chi connectivity index (χ1) is 15.0. The molecule has 1 spiro atoms. The Morgan fingerprint density at radius 2 is 2.06 bits per heavy atom. The number of rotatable bonds is 3. The quantitative estimate of drug-likeness (QED) is 0.631. The topological polar surface area (TPSA) is 78.1 Å². The standard InChI is InChI=1S/C23H22ClFN4O2/c24-17-12-14(25)3-4-19(17)29-11-9-23(22(29)31)7-5-15(6-8-23)28-21(30)16-13-27-18-2-1-10-26-20(16)18/h1-4,10,12-13,15,27H,5-9,11H2,(H,28,30). The SMILES string of the molecule is O=C(NC1CCC2(CC1)CCN(c1ccc(F)cc1Cl)C2=O)c1c[nH]c2cccnc12. The molecule has 1 aromatic carbocycles. The van der Waals surface area contributed by atoms with Gasteiger partial charge in [0.05, 0.1) is 27.2 Å². The van der Waals surface area contributed by atoms with Gasteiger partial charge in [0.1, 0.15) is 11.3 Å². The van der Waals surface area contributed by atoms with Crippen LogP contribution in [0.5, 0.6) is 0 Å². The first-order valence-corrected chi connectivity index (χ1v) is 10.8. The van der Waals surface area contributed by atoms with Crippen LogP contribution >= 0.6 is 11.6 Å². The molecule has 1 saturated carbocycles. The molecule has 3 aromatic rings. The van der Waals surface area contributed by atoms with Crippen LogP contribution in [0.1, 0.15) is 42.5 Å². The van der Waals surface area contributed by atoms with Gasteiger partial charge < -0.3 is 15.2 Å². The summed E-state index contributed by atoms with van der Waals surface area (Å²) >= 11 is 6.18. The minimum absolute atomic E-state index is 0.0167. The molecular weight excluding hydrogens is 419 g/mol. The summed E-state index contributed by atoms with van der Waals surface area (Å²) in [4.78, 5) is 35.1. The maximum absolute atomic E-state index is 13.4. The Labute approximate surface area is 183 Å². The fourth-order valence-electron chi connectivity index (χ4n) is 4.92. The Bertz CT molecular complexity index is 1170. The van der Waals surface area contributed by atoms with Gasteiger partial charge in [-0.2, -0.15) is 0 Å². The van der Waals surface area contributed by atoms with Crippen molar-refractivity contribution in [2.24, 2.45) is 5.41 Å². The summed E-state index contributed by atoms with van der Waals surface area (Å²) in [5, 5.41) is 3.36. The normalized spacial score (nSPS) is 23.6. The number of halogens is 2. The van der Waals surface area contributed by atoms with E-state index in [2.05, 4.69) is 15.3 Å². The smallest absolute Gasteiger partial charge is 0.255 e. The van der Waals surface area contributed by atoms with E-state index >= 15 is 0 Å². The molecule has 0 bridgehead atoms. The van der Waals surface area contributed by atoms with Gasteiger partial charge in [0, 0.05) is 25.0 Å². The van der Waals surface area contributed by atoms with Crippen molar-refractivity contribution in [3.05, 3.63) is 59.1 Å². The lowest BCUT2D eigenvalue weighted by Crippen LogP contribution is -2.43. The molecule has 31 heavy (non-hydrogen) atoms. The van der Waals surface area contributed by atoms with Gasteiger partial charge in [-0.25, -0.2) is 4.39 Å². The highest BCUT2D eigenvalue weighted by Gasteiger charge is 2.49. The van der Waals surface area contributed by atoms with E-state index in [4.69, 9.17) is 11.6 Å². The van der Waals surface area contributed by atoms with Crippen molar-refractivity contribution >= 4 is 40.1 Å². The summed E-state index contributed by atoms with van der Waals surface area (Å²) < 4.78 is 13.4. The minimum atomic E-state index is -0.429. The van der Waals surface area contributed by atoms with Crippen molar-refractivity contribution in [3.8, 4) is 0 Å². The fourth-order valence-corrected chi connectivity index (χ4v) is 5.19. The number of aromatic amines is 1. The number of benzene rings is 1. The summed E-state index contributed by atoms with van der Waals surface area (Å²) in [7, 11) is 0. The highest BCUT2D eigenvalue weighted by atomic mass is 35.5. The summed E-state index contributed by atoms with van der Waals surface area (Å²) in [5.41, 5.74) is 2.15. The third-order valence-corrected chi connectivity index (χ3v) is 6.97. The Morgan fingerprint density at radius 3 is 2.84 bits per heavy atom. The number of nitrogens with zero attached hydrogens (tertiary/aromatic N) is 2. The van der Waals surface area contributed by atoms with Crippen LogP contribution < -0.4 is 10.2 Å². The van der Waals surface area contributed by atoms with E-state index in [-0.39, 0.29) is 22.9 Å². The number of nitrogens with one attached hydrogen (secondary N) is 2. The van der Waals surface area contributed by atoms with E-state index in [0.717, 1.165) is 24.8 Å². The largest absolute Gasteiger partial charge is 0.359 e. The molecule has 3 heterocycles. The minimum Gasteiger partial charge on any atom is -0.359 e. The first kappa shape index (κ1) is 20.0. The molecule has 1 saturated heterocycles. The van der Waals surface area contributed by atoms with E-state index in [1.54, 1.807) is 23.4 Å². The van der Waals surface area contributed by atoms with Crippen LogP contribution in [-0.2, 0) is 4.79 Å². The Balaban J connectivity index is 1.25. The van der Waals surface area contributed by atoms with Gasteiger partial charge >= 0.3 is 0 Å². The number of hydrogen-bond donors (Lipinski definition) is 2. The molecule has 1 aliphatic carbocycles. The van der Waals surface area contributed by atoms with Crippen LogP contribution in [0.25, 0.3) is 11.0 Å². The van der Waals surface area contributed by atoms with Crippen LogP contribution in [0.4, 0.5) is 10.1 Å². The van der Waals surface area contributed by atoms with Crippen LogP contribution in [-0.4, -0.2) is 34.4 Å². The summed E-state index contributed by atoms with van der Waals surface area (Å²) in [6.07, 6.45) is 6.98. The third-order valence-electron chi connectivity index (χ3n) is 6.67. The van der Waals surface area contributed by atoms with Crippen molar-refractivity contribution in [1.29, 1.82) is 0 Å². The van der Waals surface area contributed by atoms with Gasteiger partial charge in [0.25, 0.3) is 5.91 Å². The highest BCUT2D eigenvalue weighted by Crippen LogP contribution is 2.47. The van der Waals surface area contributed by atoms with Gasteiger partial charge in [0.15, 0.2) is 0 Å². The average Bonchev–Trinajstić information content (AvgIpc) is 3.33. The molecule has 2 N–H and O–H groups in total. The number of aromatic nitrogens is 2. The molecule has 8 heteroatoms. The molecule has 6 nitrogen and oxygen atoms in total. The zero-order valence-electron chi connectivity index (χ0n) is 16.8. The van der Waals surface area contributed by atoms with E-state index in [0.29, 0.717) is 36.2 Å². The predicted octanol–water partition coefficient (Wildman–Crippen LogP) is 4.45. The lowest BCUT2D eigenvalue weighted by molar-refractivity contribution is -0.127. The second-order valence-electron chi connectivity index (χ2n) is 8.43. The first-order valence-electron chi connectivity index (χ1n) is 10.5. The van der Waals surface area contributed by atoms with E-state index in [1.807, 2.05) is 12.1 Å². The number of carbonyl (C=O) groups excluding carboxylic acids is 2. The molecular formula is C23H22ClFN4O2. The van der Waals surface area contributed by atoms with Crippen molar-refractivity contribution in [3.63, 3.8) is 0 Å². The summed E-state index contributed by atoms with van der Waals surface area (Å²) in [6.45, 7) is 0.572. The zero-order chi connectivity index (χ0) is 21.6. The van der Waals surface area contributed by atoms with E-state index in [9.17, 15) is 14.0 Å². The number of pyridine rings is 1. The molecule has 0 atom stereocenters. The van der Waals surface area contributed by atoms with Crippen molar-refractivity contribution in [2.75, 3.05) is 11.4 Å². The Morgan fingerprint density at radius 1 is 1.26 bits per heavy atom. The zero-order valence-corrected chi connectivity index (χ0v) is 17.6. The molecule has 2 aliphatic rings. The van der Waals surface area contributed by atoms with Crippen molar-refractivity contribution in [1.82, 2.24) is 15.3 Å². The number of H-pyrrole nitrogens is 1. The average molecular weight is 441 g/mol. The van der Waals surface area contributed by atoms with Gasteiger partial charge in [-0.15, -0.1) is 0 Å². The van der Waals surface area contributed by atoms with Gasteiger partial charge in [0.2, 0.25) is 5.91 Å². The summed E-state index contributed by atoms with van der Waals surface area (Å²) in [5.74, 6) is -0.522. The van der Waals surface area contributed by atoms with Crippen LogP contribution in [0, 0.1) is 11.2 Å². The van der Waals surface area contributed by atoms with Gasteiger partial charge in [-0.1, -0.05) is 11.6 Å². The monoisotopic (exact) mass is 440 g/mol. The molecule has 160 valence electrons. The molecule has 2 fully saturated rings. The van der Waals surface area contributed by atoms with Crippen molar-refractivity contribution in [2.45, 2.75) is 38.1 Å². The van der Waals surface area contributed by atoms with Crippen LogP contribution in [0.15, 0.2) is 42.7 Å². The molecule has 5 rings (SSSR count). The lowest BCUT2D eigenvalue weighted by atomic mass is 9.71. The van der Waals surface area contributed by atoms with Gasteiger partial charge in [-0.05, 0) is 62.4 Å². The molecule has 1 aliphatic heterocycles. The Hall–Kier alpha value is -2.93. The number of hydrogen-bond acceptors (Lipinski definition) is 3. The maximum Gasteiger partial charge on any atom is 0.255 e. The molecule has 0 radical (unpaired) electrons. The molecule has 2 aromatic heterocycles. The van der Waals surface area contributed by atoms with Crippen molar-refractivity contribution < 1.29 is 14.0 Å². The second-order valence-corrected chi connectivity index (χ2v) is 8.84. The third kappa shape index (κ3) is 3.47.